The second kappa shape index (κ2) is 17.9. The lowest BCUT2D eigenvalue weighted by Gasteiger charge is -2.29. The van der Waals surface area contributed by atoms with Gasteiger partial charge in [0, 0.05) is 48.7 Å². The molecule has 5 rings (SSSR count). The van der Waals surface area contributed by atoms with E-state index in [1.54, 1.807) is 49.6 Å². The van der Waals surface area contributed by atoms with Gasteiger partial charge >= 0.3 is 0 Å². The van der Waals surface area contributed by atoms with Gasteiger partial charge in [0.25, 0.3) is 0 Å². The molecule has 4 amide bonds. The molecular formula is C36H42ClN7O5S. The van der Waals surface area contributed by atoms with Crippen LogP contribution in [0.25, 0.3) is 10.2 Å². The first-order valence-electron chi connectivity index (χ1n) is 16.8. The lowest BCUT2D eigenvalue weighted by atomic mass is 9.99. The molecule has 1 aliphatic heterocycles. The molecule has 0 bridgehead atoms. The average molecular weight is 720 g/mol. The number of amides is 4. The fourth-order valence-corrected chi connectivity index (χ4v) is 7.04. The van der Waals surface area contributed by atoms with Crippen LogP contribution in [0.1, 0.15) is 61.2 Å². The van der Waals surface area contributed by atoms with Crippen LogP contribution >= 0.6 is 22.9 Å². The lowest BCUT2D eigenvalue weighted by molar-refractivity contribution is -0.134. The first-order valence-corrected chi connectivity index (χ1v) is 18.0. The van der Waals surface area contributed by atoms with Crippen molar-refractivity contribution in [1.82, 2.24) is 31.2 Å². The minimum Gasteiger partial charge on any atom is -0.493 e. The number of carbonyl (C=O) groups is 4. The highest BCUT2D eigenvalue weighted by molar-refractivity contribution is 7.18. The minimum atomic E-state index is -1.08. The second-order valence-electron chi connectivity index (χ2n) is 12.1. The summed E-state index contributed by atoms with van der Waals surface area (Å²) in [5, 5.41) is 12.9. The molecule has 4 atom stereocenters. The molecule has 0 saturated heterocycles. The van der Waals surface area contributed by atoms with Crippen LogP contribution in [0, 0.1) is 0 Å². The van der Waals surface area contributed by atoms with Gasteiger partial charge in [-0.15, -0.1) is 11.3 Å². The van der Waals surface area contributed by atoms with Crippen LogP contribution in [-0.4, -0.2) is 64.9 Å². The number of pyridine rings is 1. The molecule has 50 heavy (non-hydrogen) atoms. The largest absolute Gasteiger partial charge is 0.493 e. The molecule has 0 radical (unpaired) electrons. The van der Waals surface area contributed by atoms with E-state index < -0.39 is 29.9 Å². The van der Waals surface area contributed by atoms with E-state index in [0.29, 0.717) is 54.6 Å². The molecule has 0 fully saturated rings. The van der Waals surface area contributed by atoms with Gasteiger partial charge in [0.15, 0.2) is 0 Å². The van der Waals surface area contributed by atoms with Gasteiger partial charge in [0.1, 0.15) is 23.9 Å². The molecule has 6 N–H and O–H groups in total. The van der Waals surface area contributed by atoms with Crippen LogP contribution in [0.2, 0.25) is 5.02 Å². The topological polar surface area (TPSA) is 177 Å². The molecule has 264 valence electrons. The highest BCUT2D eigenvalue weighted by atomic mass is 35.5. The van der Waals surface area contributed by atoms with Crippen molar-refractivity contribution >= 4 is 56.8 Å². The third-order valence-corrected chi connectivity index (χ3v) is 9.70. The van der Waals surface area contributed by atoms with Crippen molar-refractivity contribution in [3.05, 3.63) is 88.1 Å². The van der Waals surface area contributed by atoms with E-state index in [4.69, 9.17) is 22.1 Å². The first-order chi connectivity index (χ1) is 24.2. The molecule has 4 aromatic rings. The molecule has 3 heterocycles. The Labute approximate surface area is 299 Å². The quantitative estimate of drug-likeness (QED) is 0.109. The number of hydrogen-bond acceptors (Lipinski definition) is 9. The van der Waals surface area contributed by atoms with E-state index in [1.807, 2.05) is 24.3 Å². The van der Waals surface area contributed by atoms with E-state index in [9.17, 15) is 19.2 Å². The lowest BCUT2D eigenvalue weighted by Crippen LogP contribution is -2.58. The van der Waals surface area contributed by atoms with Crippen molar-refractivity contribution in [2.45, 2.75) is 76.0 Å². The Morgan fingerprint density at radius 1 is 0.940 bits per heavy atom. The van der Waals surface area contributed by atoms with Crippen molar-refractivity contribution in [2.75, 3.05) is 13.2 Å². The summed E-state index contributed by atoms with van der Waals surface area (Å²) < 4.78 is 6.61. The zero-order valence-electron chi connectivity index (χ0n) is 27.8. The van der Waals surface area contributed by atoms with E-state index >= 15 is 0 Å². The average Bonchev–Trinajstić information content (AvgIpc) is 3.52. The van der Waals surface area contributed by atoms with Crippen LogP contribution in [0.4, 0.5) is 0 Å². The van der Waals surface area contributed by atoms with Crippen LogP contribution in [-0.2, 0) is 32.0 Å². The highest BCUT2D eigenvalue weighted by Crippen LogP contribution is 2.31. The predicted octanol–water partition coefficient (Wildman–Crippen LogP) is 3.76. The minimum absolute atomic E-state index is 0.106. The van der Waals surface area contributed by atoms with Crippen molar-refractivity contribution in [3.8, 4) is 5.75 Å². The smallest absolute Gasteiger partial charge is 0.243 e. The van der Waals surface area contributed by atoms with Crippen molar-refractivity contribution in [1.29, 1.82) is 0 Å². The van der Waals surface area contributed by atoms with Gasteiger partial charge in [-0.25, -0.2) is 4.98 Å². The molecule has 12 nitrogen and oxygen atoms in total. The van der Waals surface area contributed by atoms with Gasteiger partial charge in [0.2, 0.25) is 23.6 Å². The standard InChI is InChI=1S/C36H42ClN7O5S/c1-2-32(45)40-29(21-33-41-26-11-10-23(37)20-31(26)50-33)36(48)44-28(19-22-12-16-39-17-13-22)35(47)43-27(8-5-6-15-38)34(46)42-25-14-18-49-30-9-4-3-7-24(25)30/h3-4,7,9-13,16-17,20,25,27-29H,2,5-6,8,14-15,18-19,21,38H2,1H3,(H,40,45)(H,42,46)(H,43,47)(H,44,48)/t25-,27+,28+,29+/m1/s1. The molecular weight excluding hydrogens is 678 g/mol. The summed E-state index contributed by atoms with van der Waals surface area (Å²) in [6.07, 6.45) is 5.82. The van der Waals surface area contributed by atoms with Crippen LogP contribution in [0.3, 0.4) is 0 Å². The zero-order valence-corrected chi connectivity index (χ0v) is 29.4. The first kappa shape index (κ1) is 36.7. The molecule has 2 aromatic heterocycles. The third kappa shape index (κ3) is 9.99. The maximum atomic E-state index is 14.1. The normalized spacial score (nSPS) is 15.5. The number of nitrogens with zero attached hydrogens (tertiary/aromatic N) is 2. The number of benzene rings is 2. The molecule has 1 aliphatic rings. The number of nitrogens with two attached hydrogens (primary N) is 1. The fraction of sp³-hybridized carbons (Fsp3) is 0.389. The molecule has 14 heteroatoms. The van der Waals surface area contributed by atoms with E-state index in [-0.39, 0.29) is 37.1 Å². The maximum absolute atomic E-state index is 14.1. The summed E-state index contributed by atoms with van der Waals surface area (Å²) in [4.78, 5) is 63.0. The summed E-state index contributed by atoms with van der Waals surface area (Å²) in [7, 11) is 0. The number of nitrogens with one attached hydrogen (secondary N) is 4. The summed E-state index contributed by atoms with van der Waals surface area (Å²) in [6, 6.07) is 13.1. The summed E-state index contributed by atoms with van der Waals surface area (Å²) in [5.41, 5.74) is 8.10. The predicted molar refractivity (Wildman–Crippen MR) is 193 cm³/mol. The van der Waals surface area contributed by atoms with Crippen molar-refractivity contribution in [3.63, 3.8) is 0 Å². The van der Waals surface area contributed by atoms with Crippen LogP contribution in [0.15, 0.2) is 67.0 Å². The molecule has 0 unspecified atom stereocenters. The summed E-state index contributed by atoms with van der Waals surface area (Å²) >= 11 is 7.54. The van der Waals surface area contributed by atoms with Gasteiger partial charge in [-0.3, -0.25) is 24.2 Å². The zero-order chi connectivity index (χ0) is 35.5. The number of rotatable bonds is 16. The van der Waals surface area contributed by atoms with E-state index in [0.717, 1.165) is 21.3 Å². The van der Waals surface area contributed by atoms with Crippen LogP contribution < -0.4 is 31.7 Å². The molecule has 0 aliphatic carbocycles. The van der Waals surface area contributed by atoms with Gasteiger partial charge in [-0.1, -0.05) is 36.7 Å². The molecule has 0 spiro atoms. The van der Waals surface area contributed by atoms with Gasteiger partial charge in [0.05, 0.1) is 27.9 Å². The maximum Gasteiger partial charge on any atom is 0.243 e. The number of fused-ring (bicyclic) bond motifs is 2. The van der Waals surface area contributed by atoms with Gasteiger partial charge < -0.3 is 31.7 Å². The van der Waals surface area contributed by atoms with Crippen LogP contribution in [0.5, 0.6) is 5.75 Å². The Bertz CT molecular complexity index is 1790. The van der Waals surface area contributed by atoms with Crippen molar-refractivity contribution < 1.29 is 23.9 Å². The molecule has 2 aromatic carbocycles. The highest BCUT2D eigenvalue weighted by Gasteiger charge is 2.32. The summed E-state index contributed by atoms with van der Waals surface area (Å²) in [6.45, 7) is 2.59. The number of unbranched alkanes of at least 4 members (excludes halogenated alkanes) is 1. The Hall–Kier alpha value is -4.59. The monoisotopic (exact) mass is 719 g/mol. The Kier molecular flexibility index (Phi) is 13.1. The van der Waals surface area contributed by atoms with Gasteiger partial charge in [-0.2, -0.15) is 0 Å². The van der Waals surface area contributed by atoms with Crippen molar-refractivity contribution in [2.24, 2.45) is 5.73 Å². The Morgan fingerprint density at radius 3 is 2.44 bits per heavy atom. The number of hydrogen-bond donors (Lipinski definition) is 5. The number of carbonyl (C=O) groups excluding carboxylic acids is 4. The van der Waals surface area contributed by atoms with Gasteiger partial charge in [-0.05, 0) is 67.8 Å². The Morgan fingerprint density at radius 2 is 1.68 bits per heavy atom. The van der Waals surface area contributed by atoms with E-state index in [2.05, 4.69) is 31.2 Å². The third-order valence-electron chi connectivity index (χ3n) is 8.42. The SMILES string of the molecule is CCC(=O)N[C@@H](Cc1nc2ccc(Cl)cc2s1)C(=O)N[C@@H](Cc1ccncc1)C(=O)N[C@@H](CCCCN)C(=O)N[C@@H]1CCOc2ccccc21. The molecule has 0 saturated carbocycles. The number of halogens is 1. The van der Waals surface area contributed by atoms with E-state index in [1.165, 1.54) is 11.3 Å². The number of para-hydroxylation sites is 1. The number of aromatic nitrogens is 2. The number of thiazole rings is 1. The second-order valence-corrected chi connectivity index (χ2v) is 13.7. The number of ether oxygens (including phenoxy) is 1. The Balaban J connectivity index is 1.35. The summed E-state index contributed by atoms with van der Waals surface area (Å²) in [5.74, 6) is -1.04. The fourth-order valence-electron chi connectivity index (χ4n) is 5.75.